The van der Waals surface area contributed by atoms with Crippen molar-refractivity contribution >= 4 is 30.0 Å². The maximum absolute atomic E-state index is 12.4. The van der Waals surface area contributed by atoms with E-state index >= 15 is 0 Å². The van der Waals surface area contributed by atoms with Gasteiger partial charge in [-0.25, -0.2) is 9.79 Å². The second-order valence-corrected chi connectivity index (χ2v) is 9.79. The number of anilines is 2. The van der Waals surface area contributed by atoms with Crippen LogP contribution < -0.4 is 20.9 Å². The molecule has 204 valence electrons. The van der Waals surface area contributed by atoms with E-state index in [9.17, 15) is 18.0 Å². The normalized spacial score (nSPS) is 22.1. The predicted octanol–water partition coefficient (Wildman–Crippen LogP) is 5.44. The van der Waals surface area contributed by atoms with Crippen molar-refractivity contribution in [1.82, 2.24) is 10.6 Å². The molecular weight excluding hydrogens is 505 g/mol. The van der Waals surface area contributed by atoms with E-state index < -0.39 is 18.8 Å². The Labute approximate surface area is 225 Å². The third-order valence-corrected chi connectivity index (χ3v) is 6.85. The Morgan fingerprint density at radius 1 is 1.18 bits per heavy atom. The van der Waals surface area contributed by atoms with Crippen LogP contribution in [0.15, 0.2) is 93.1 Å². The number of benzene rings is 1. The molecule has 0 spiro atoms. The summed E-state index contributed by atoms with van der Waals surface area (Å²) in [5, 5.41) is 7.80. The Balaban J connectivity index is 1.18. The summed E-state index contributed by atoms with van der Waals surface area (Å²) in [6, 6.07) is 6.31. The first-order valence-corrected chi connectivity index (χ1v) is 13.1. The molecule has 0 radical (unpaired) electrons. The highest BCUT2D eigenvalue weighted by Gasteiger charge is 2.30. The summed E-state index contributed by atoms with van der Waals surface area (Å²) in [6.07, 6.45) is 16.2. The van der Waals surface area contributed by atoms with Crippen LogP contribution in [0.1, 0.15) is 25.7 Å². The van der Waals surface area contributed by atoms with Crippen LogP contribution in [0.4, 0.5) is 29.3 Å². The van der Waals surface area contributed by atoms with Crippen molar-refractivity contribution in [3.63, 3.8) is 0 Å². The van der Waals surface area contributed by atoms with E-state index in [2.05, 4.69) is 57.1 Å². The zero-order valence-electron chi connectivity index (χ0n) is 21.4. The summed E-state index contributed by atoms with van der Waals surface area (Å²) in [6.45, 7) is 0.237. The second-order valence-electron chi connectivity index (χ2n) is 9.79. The van der Waals surface area contributed by atoms with E-state index in [0.29, 0.717) is 5.69 Å². The lowest BCUT2D eigenvalue weighted by molar-refractivity contribution is -0.122. The smallest absolute Gasteiger partial charge is 0.329 e. The van der Waals surface area contributed by atoms with Gasteiger partial charge in [0.1, 0.15) is 6.54 Å². The van der Waals surface area contributed by atoms with E-state index in [-0.39, 0.29) is 12.1 Å². The number of alkyl halides is 3. The van der Waals surface area contributed by atoms with Gasteiger partial charge in [-0.3, -0.25) is 4.99 Å². The highest BCUT2D eigenvalue weighted by Crippen LogP contribution is 2.35. The van der Waals surface area contributed by atoms with Crippen LogP contribution in [0, 0.1) is 0 Å². The molecule has 0 saturated heterocycles. The Hall–Kier alpha value is -3.92. The van der Waals surface area contributed by atoms with Gasteiger partial charge in [0, 0.05) is 37.1 Å². The van der Waals surface area contributed by atoms with Crippen molar-refractivity contribution in [2.75, 3.05) is 29.9 Å². The quantitative estimate of drug-likeness (QED) is 0.387. The summed E-state index contributed by atoms with van der Waals surface area (Å²) < 4.78 is 37.1. The van der Waals surface area contributed by atoms with Crippen LogP contribution in [-0.4, -0.2) is 56.5 Å². The van der Waals surface area contributed by atoms with Crippen LogP contribution in [0.3, 0.4) is 0 Å². The maximum atomic E-state index is 12.4. The number of carbonyl (C=O) groups excluding carboxylic acids is 1. The fourth-order valence-electron chi connectivity index (χ4n) is 4.98. The van der Waals surface area contributed by atoms with Gasteiger partial charge >= 0.3 is 12.2 Å². The highest BCUT2D eigenvalue weighted by molar-refractivity contribution is 5.91. The SMILES string of the molecule is O=C(NCC(F)(F)F)Nc1cccc(N2C=NC3=CC(C4=CC(CNCC5C=CCC=N5)=CCC4)=CCC32)c1. The molecule has 1 aromatic carbocycles. The van der Waals surface area contributed by atoms with E-state index in [1.165, 1.54) is 16.7 Å². The van der Waals surface area contributed by atoms with Gasteiger partial charge in [-0.1, -0.05) is 36.4 Å². The second kappa shape index (κ2) is 11.9. The predicted molar refractivity (Wildman–Crippen MR) is 149 cm³/mol. The molecule has 0 bridgehead atoms. The first-order chi connectivity index (χ1) is 18.8. The molecule has 39 heavy (non-hydrogen) atoms. The average molecular weight is 537 g/mol. The third kappa shape index (κ3) is 7.14. The number of nitrogens with one attached hydrogen (secondary N) is 3. The minimum absolute atomic E-state index is 0.0213. The Morgan fingerprint density at radius 2 is 2.08 bits per heavy atom. The molecule has 4 aliphatic rings. The molecule has 2 aliphatic carbocycles. The van der Waals surface area contributed by atoms with Gasteiger partial charge in [0.15, 0.2) is 0 Å². The molecule has 2 aliphatic heterocycles. The lowest BCUT2D eigenvalue weighted by Crippen LogP contribution is -2.36. The number of amides is 2. The number of dihydropyridines is 1. The summed E-state index contributed by atoms with van der Waals surface area (Å²) in [5.41, 5.74) is 5.94. The van der Waals surface area contributed by atoms with Crippen LogP contribution in [0.25, 0.3) is 0 Å². The first-order valence-electron chi connectivity index (χ1n) is 13.1. The molecule has 7 nitrogen and oxygen atoms in total. The van der Waals surface area contributed by atoms with Gasteiger partial charge in [0.2, 0.25) is 0 Å². The van der Waals surface area contributed by atoms with Gasteiger partial charge in [0.05, 0.1) is 24.1 Å². The Bertz CT molecular complexity index is 1290. The molecule has 1 aromatic rings. The average Bonchev–Trinajstić information content (AvgIpc) is 3.36. The molecule has 0 saturated carbocycles. The number of rotatable bonds is 8. The van der Waals surface area contributed by atoms with Gasteiger partial charge in [-0.05, 0) is 60.3 Å². The largest absolute Gasteiger partial charge is 0.405 e. The lowest BCUT2D eigenvalue weighted by Gasteiger charge is -2.27. The molecule has 5 rings (SSSR count). The van der Waals surface area contributed by atoms with Gasteiger partial charge in [-0.2, -0.15) is 13.2 Å². The van der Waals surface area contributed by atoms with Crippen molar-refractivity contribution in [2.24, 2.45) is 9.98 Å². The van der Waals surface area contributed by atoms with E-state index in [0.717, 1.165) is 50.2 Å². The molecule has 10 heteroatoms. The molecule has 2 unspecified atom stereocenters. The van der Waals surface area contributed by atoms with Crippen LogP contribution >= 0.6 is 0 Å². The standard InChI is InChI=1S/C29H31F3N6O/c30-29(31,32)18-35-28(39)37-23-8-4-9-25(15-23)38-19-36-26-14-22(10-11-27(26)38)21-6-3-5-20(13-21)16-33-17-24-7-1-2-12-34-24/h1,4-5,7-10,12-15,19,24,27,33H,2-3,6,11,16-18H2,(H2,35,37,39). The van der Waals surface area contributed by atoms with E-state index in [1.54, 1.807) is 24.5 Å². The number of aliphatic imine (C=N–C) groups is 2. The molecule has 2 atom stereocenters. The van der Waals surface area contributed by atoms with Crippen molar-refractivity contribution in [3.8, 4) is 0 Å². The summed E-state index contributed by atoms with van der Waals surface area (Å²) in [7, 11) is 0. The van der Waals surface area contributed by atoms with Crippen molar-refractivity contribution < 1.29 is 18.0 Å². The zero-order chi connectivity index (χ0) is 27.2. The van der Waals surface area contributed by atoms with Crippen molar-refractivity contribution in [3.05, 3.63) is 83.1 Å². The minimum Gasteiger partial charge on any atom is -0.329 e. The number of halogens is 3. The van der Waals surface area contributed by atoms with Gasteiger partial charge < -0.3 is 20.9 Å². The van der Waals surface area contributed by atoms with E-state index in [4.69, 9.17) is 0 Å². The number of allylic oxidation sites excluding steroid dienone is 5. The first kappa shape index (κ1) is 26.7. The molecule has 0 fully saturated rings. The third-order valence-electron chi connectivity index (χ3n) is 6.85. The van der Waals surface area contributed by atoms with Gasteiger partial charge in [-0.15, -0.1) is 0 Å². The van der Waals surface area contributed by atoms with Crippen molar-refractivity contribution in [2.45, 2.75) is 43.9 Å². The summed E-state index contributed by atoms with van der Waals surface area (Å²) >= 11 is 0. The number of carbonyl (C=O) groups is 1. The molecular formula is C29H31F3N6O. The fourth-order valence-corrected chi connectivity index (χ4v) is 4.98. The number of nitrogens with zero attached hydrogens (tertiary/aromatic N) is 3. The number of hydrogen-bond acceptors (Lipinski definition) is 5. The highest BCUT2D eigenvalue weighted by atomic mass is 19.4. The van der Waals surface area contributed by atoms with Gasteiger partial charge in [0.25, 0.3) is 0 Å². The summed E-state index contributed by atoms with van der Waals surface area (Å²) in [5.74, 6) is 0. The monoisotopic (exact) mass is 536 g/mol. The topological polar surface area (TPSA) is 81.1 Å². The van der Waals surface area contributed by atoms with Crippen molar-refractivity contribution in [1.29, 1.82) is 0 Å². The van der Waals surface area contributed by atoms with E-state index in [1.807, 2.05) is 22.5 Å². The Kier molecular flexibility index (Phi) is 8.11. The molecule has 0 aromatic heterocycles. The minimum atomic E-state index is -4.47. The summed E-state index contributed by atoms with van der Waals surface area (Å²) in [4.78, 5) is 23.0. The van der Waals surface area contributed by atoms with Crippen LogP contribution in [0.5, 0.6) is 0 Å². The van der Waals surface area contributed by atoms with Crippen LogP contribution in [0.2, 0.25) is 0 Å². The molecule has 2 heterocycles. The number of fused-ring (bicyclic) bond motifs is 1. The molecule has 3 N–H and O–H groups in total. The lowest BCUT2D eigenvalue weighted by atomic mass is 9.88. The maximum Gasteiger partial charge on any atom is 0.405 e. The zero-order valence-corrected chi connectivity index (χ0v) is 21.4. The molecule has 2 amide bonds. The number of hydrogen-bond donors (Lipinski definition) is 3. The fraction of sp³-hybridized carbons (Fsp3) is 0.345. The van der Waals surface area contributed by atoms with Crippen LogP contribution in [-0.2, 0) is 0 Å². The Morgan fingerprint density at radius 3 is 2.90 bits per heavy atom. The number of urea groups is 1.